The molecule has 0 amide bonds. The summed E-state index contributed by atoms with van der Waals surface area (Å²) in [5.74, 6) is 1.05. The van der Waals surface area contributed by atoms with Crippen LogP contribution in [0.15, 0.2) is 34.9 Å². The largest absolute Gasteiger partial charge is 0.508 e. The molecule has 0 saturated carbocycles. The highest BCUT2D eigenvalue weighted by Crippen LogP contribution is 2.35. The van der Waals surface area contributed by atoms with Gasteiger partial charge >= 0.3 is 0 Å². The second-order valence-electron chi connectivity index (χ2n) is 5.49. The number of aromatic nitrogens is 1. The van der Waals surface area contributed by atoms with Gasteiger partial charge in [0.25, 0.3) is 0 Å². The predicted molar refractivity (Wildman–Crippen MR) is 89.1 cm³/mol. The number of rotatable bonds is 4. The normalized spacial score (nSPS) is 17.1. The fourth-order valence-corrected chi connectivity index (χ4v) is 3.43. The van der Waals surface area contributed by atoms with Crippen LogP contribution < -0.4 is 10.1 Å². The topological polar surface area (TPSA) is 54.4 Å². The molecule has 1 unspecified atom stereocenters. The lowest BCUT2D eigenvalue weighted by molar-refractivity contribution is 0.384. The Morgan fingerprint density at radius 1 is 1.45 bits per heavy atom. The highest BCUT2D eigenvalue weighted by atomic mass is 79.9. The Balaban J connectivity index is 1.79. The van der Waals surface area contributed by atoms with E-state index in [1.54, 1.807) is 19.4 Å². The Morgan fingerprint density at radius 3 is 3.14 bits per heavy atom. The molecule has 1 aliphatic rings. The van der Waals surface area contributed by atoms with Crippen molar-refractivity contribution < 1.29 is 9.84 Å². The van der Waals surface area contributed by atoms with Gasteiger partial charge in [0.05, 0.1) is 7.11 Å². The van der Waals surface area contributed by atoms with Gasteiger partial charge in [-0.1, -0.05) is 12.1 Å². The summed E-state index contributed by atoms with van der Waals surface area (Å²) in [4.78, 5) is 4.27. The molecule has 0 saturated heterocycles. The molecule has 5 heteroatoms. The molecule has 0 bridgehead atoms. The standard InChI is InChI=1S/C17H19BrN2O2/c1-22-17-11(8-12(18)10-20-17)9-19-15-6-2-5-14-13(15)4-3-7-16(14)21/h3-4,7-8,10,15,19,21H,2,5-6,9H2,1H3. The highest BCUT2D eigenvalue weighted by molar-refractivity contribution is 9.10. The van der Waals surface area contributed by atoms with Gasteiger partial charge in [0.1, 0.15) is 5.75 Å². The number of nitrogens with zero attached hydrogens (tertiary/aromatic N) is 1. The molecular formula is C17H19BrN2O2. The molecule has 3 rings (SSSR count). The molecule has 1 aromatic heterocycles. The van der Waals surface area contributed by atoms with Gasteiger partial charge in [-0.2, -0.15) is 0 Å². The van der Waals surface area contributed by atoms with Gasteiger partial charge in [-0.15, -0.1) is 0 Å². The number of phenols is 1. The van der Waals surface area contributed by atoms with E-state index in [1.807, 2.05) is 12.1 Å². The van der Waals surface area contributed by atoms with Crippen molar-refractivity contribution in [2.75, 3.05) is 7.11 Å². The van der Waals surface area contributed by atoms with Crippen LogP contribution in [0.4, 0.5) is 0 Å². The molecule has 2 N–H and O–H groups in total. The first-order valence-electron chi connectivity index (χ1n) is 7.41. The summed E-state index contributed by atoms with van der Waals surface area (Å²) in [5.41, 5.74) is 3.29. The summed E-state index contributed by atoms with van der Waals surface area (Å²) < 4.78 is 6.25. The highest BCUT2D eigenvalue weighted by Gasteiger charge is 2.22. The van der Waals surface area contributed by atoms with Gasteiger partial charge in [0, 0.05) is 28.8 Å². The molecule has 4 nitrogen and oxygen atoms in total. The molecule has 1 aliphatic carbocycles. The summed E-state index contributed by atoms with van der Waals surface area (Å²) >= 11 is 3.45. The number of fused-ring (bicyclic) bond motifs is 1. The van der Waals surface area contributed by atoms with Crippen molar-refractivity contribution in [1.82, 2.24) is 10.3 Å². The number of hydrogen-bond acceptors (Lipinski definition) is 4. The number of ether oxygens (including phenoxy) is 1. The summed E-state index contributed by atoms with van der Waals surface area (Å²) in [6.07, 6.45) is 4.83. The van der Waals surface area contributed by atoms with E-state index >= 15 is 0 Å². The van der Waals surface area contributed by atoms with Crippen LogP contribution in [0.25, 0.3) is 0 Å². The minimum absolute atomic E-state index is 0.250. The lowest BCUT2D eigenvalue weighted by Crippen LogP contribution is -2.25. The first-order valence-corrected chi connectivity index (χ1v) is 8.21. The first kappa shape index (κ1) is 15.3. The number of phenolic OH excluding ortho intramolecular Hbond substituents is 1. The average molecular weight is 363 g/mol. The van der Waals surface area contributed by atoms with Crippen molar-refractivity contribution in [3.8, 4) is 11.6 Å². The monoisotopic (exact) mass is 362 g/mol. The number of nitrogens with one attached hydrogen (secondary N) is 1. The second-order valence-corrected chi connectivity index (χ2v) is 6.41. The third kappa shape index (κ3) is 3.10. The van der Waals surface area contributed by atoms with E-state index in [-0.39, 0.29) is 6.04 Å². The van der Waals surface area contributed by atoms with Crippen LogP contribution in [-0.4, -0.2) is 17.2 Å². The fraction of sp³-hybridized carbons (Fsp3) is 0.353. The Kier molecular flexibility index (Phi) is 4.64. The quantitative estimate of drug-likeness (QED) is 0.869. The van der Waals surface area contributed by atoms with E-state index in [4.69, 9.17) is 4.74 Å². The summed E-state index contributed by atoms with van der Waals surface area (Å²) in [5, 5.41) is 13.6. The SMILES string of the molecule is COc1ncc(Br)cc1CNC1CCCc2c(O)cccc21. The Hall–Kier alpha value is -1.59. The number of pyridine rings is 1. The smallest absolute Gasteiger partial charge is 0.217 e. The Labute approximate surface area is 138 Å². The molecule has 1 heterocycles. The van der Waals surface area contributed by atoms with E-state index < -0.39 is 0 Å². The van der Waals surface area contributed by atoms with Crippen molar-refractivity contribution in [1.29, 1.82) is 0 Å². The van der Waals surface area contributed by atoms with E-state index in [0.29, 0.717) is 18.2 Å². The van der Waals surface area contributed by atoms with Crippen molar-refractivity contribution in [3.05, 3.63) is 51.6 Å². The second kappa shape index (κ2) is 6.67. The van der Waals surface area contributed by atoms with E-state index in [9.17, 15) is 5.11 Å². The zero-order valence-electron chi connectivity index (χ0n) is 12.5. The minimum atomic E-state index is 0.250. The average Bonchev–Trinajstić information content (AvgIpc) is 2.53. The lowest BCUT2D eigenvalue weighted by atomic mass is 9.87. The van der Waals surface area contributed by atoms with E-state index in [0.717, 1.165) is 34.9 Å². The van der Waals surface area contributed by atoms with Gasteiger partial charge < -0.3 is 15.2 Å². The predicted octanol–water partition coefficient (Wildman–Crippen LogP) is 3.73. The van der Waals surface area contributed by atoms with Gasteiger partial charge in [-0.25, -0.2) is 4.98 Å². The minimum Gasteiger partial charge on any atom is -0.508 e. The molecule has 1 atom stereocenters. The van der Waals surface area contributed by atoms with Crippen LogP contribution in [-0.2, 0) is 13.0 Å². The van der Waals surface area contributed by atoms with Crippen LogP contribution in [0.1, 0.15) is 35.6 Å². The van der Waals surface area contributed by atoms with Crippen molar-refractivity contribution in [2.24, 2.45) is 0 Å². The van der Waals surface area contributed by atoms with Gasteiger partial charge in [-0.3, -0.25) is 0 Å². The molecule has 0 radical (unpaired) electrons. The zero-order chi connectivity index (χ0) is 15.5. The Bertz CT molecular complexity index is 676. The third-order valence-electron chi connectivity index (χ3n) is 4.11. The van der Waals surface area contributed by atoms with Crippen LogP contribution in [0, 0.1) is 0 Å². The summed E-state index contributed by atoms with van der Waals surface area (Å²) in [6.45, 7) is 0.676. The molecule has 116 valence electrons. The molecular weight excluding hydrogens is 344 g/mol. The van der Waals surface area contributed by atoms with Gasteiger partial charge in [0.15, 0.2) is 0 Å². The lowest BCUT2D eigenvalue weighted by Gasteiger charge is -2.27. The number of aromatic hydroxyl groups is 1. The van der Waals surface area contributed by atoms with Gasteiger partial charge in [0.2, 0.25) is 5.88 Å². The fourth-order valence-electron chi connectivity index (χ4n) is 3.05. The number of hydrogen-bond donors (Lipinski definition) is 2. The van der Waals surface area contributed by atoms with Crippen molar-refractivity contribution in [2.45, 2.75) is 31.8 Å². The third-order valence-corrected chi connectivity index (χ3v) is 4.54. The maximum Gasteiger partial charge on any atom is 0.217 e. The van der Waals surface area contributed by atoms with Crippen LogP contribution in [0.3, 0.4) is 0 Å². The van der Waals surface area contributed by atoms with E-state index in [2.05, 4.69) is 32.3 Å². The van der Waals surface area contributed by atoms with Crippen molar-refractivity contribution >= 4 is 15.9 Å². The number of methoxy groups -OCH3 is 1. The van der Waals surface area contributed by atoms with Crippen molar-refractivity contribution in [3.63, 3.8) is 0 Å². The maximum atomic E-state index is 10.0. The van der Waals surface area contributed by atoms with Crippen LogP contribution in [0.2, 0.25) is 0 Å². The molecule has 2 aromatic rings. The van der Waals surface area contributed by atoms with Gasteiger partial charge in [-0.05, 0) is 58.5 Å². The van der Waals surface area contributed by atoms with Crippen LogP contribution >= 0.6 is 15.9 Å². The molecule has 1 aromatic carbocycles. The summed E-state index contributed by atoms with van der Waals surface area (Å²) in [7, 11) is 1.63. The number of halogens is 1. The first-order chi connectivity index (χ1) is 10.7. The molecule has 0 fully saturated rings. The zero-order valence-corrected chi connectivity index (χ0v) is 14.1. The Morgan fingerprint density at radius 2 is 2.32 bits per heavy atom. The summed E-state index contributed by atoms with van der Waals surface area (Å²) in [6, 6.07) is 8.05. The maximum absolute atomic E-state index is 10.0. The molecule has 0 spiro atoms. The van der Waals surface area contributed by atoms with E-state index in [1.165, 1.54) is 5.56 Å². The molecule has 22 heavy (non-hydrogen) atoms. The number of benzene rings is 1. The molecule has 0 aliphatic heterocycles. The van der Waals surface area contributed by atoms with Crippen LogP contribution in [0.5, 0.6) is 11.6 Å².